The van der Waals surface area contributed by atoms with Crippen molar-refractivity contribution in [1.29, 1.82) is 0 Å². The molecule has 0 aliphatic carbocycles. The molecule has 6 heteroatoms. The first-order valence-corrected chi connectivity index (χ1v) is 7.35. The fourth-order valence-electron chi connectivity index (χ4n) is 2.31. The van der Waals surface area contributed by atoms with Gasteiger partial charge in [-0.2, -0.15) is 0 Å². The molecule has 0 spiro atoms. The predicted molar refractivity (Wildman–Crippen MR) is 88.6 cm³/mol. The Labute approximate surface area is 131 Å². The summed E-state index contributed by atoms with van der Waals surface area (Å²) in [5, 5.41) is 4.18. The van der Waals surface area contributed by atoms with Crippen LogP contribution in [0.5, 0.6) is 5.75 Å². The fraction of sp³-hybridized carbons (Fsp3) is 0.500. The second-order valence-electron chi connectivity index (χ2n) is 5.49. The van der Waals surface area contributed by atoms with Crippen LogP contribution in [0.2, 0.25) is 0 Å². The van der Waals surface area contributed by atoms with E-state index in [0.717, 1.165) is 41.3 Å². The molecule has 0 radical (unpaired) electrons. The molecule has 0 fully saturated rings. The SMILES string of the molecule is COc1cccc2c1nc(C(C)=NOCCCN(C)C)n2C. The van der Waals surface area contributed by atoms with Crippen LogP contribution in [0.4, 0.5) is 0 Å². The van der Waals surface area contributed by atoms with Crippen LogP contribution in [0.15, 0.2) is 23.4 Å². The number of fused-ring (bicyclic) bond motifs is 1. The molecule has 0 N–H and O–H groups in total. The molecule has 6 nitrogen and oxygen atoms in total. The molecular formula is C16H24N4O2. The highest BCUT2D eigenvalue weighted by Gasteiger charge is 2.13. The first-order valence-electron chi connectivity index (χ1n) is 7.35. The topological polar surface area (TPSA) is 51.9 Å². The van der Waals surface area contributed by atoms with Gasteiger partial charge in [0.1, 0.15) is 23.6 Å². The van der Waals surface area contributed by atoms with Crippen LogP contribution >= 0.6 is 0 Å². The van der Waals surface area contributed by atoms with Crippen molar-refractivity contribution in [3.05, 3.63) is 24.0 Å². The number of hydrogen-bond acceptors (Lipinski definition) is 5. The van der Waals surface area contributed by atoms with E-state index in [-0.39, 0.29) is 0 Å². The summed E-state index contributed by atoms with van der Waals surface area (Å²) in [5.74, 6) is 1.55. The van der Waals surface area contributed by atoms with Crippen LogP contribution in [0, 0.1) is 0 Å². The lowest BCUT2D eigenvalue weighted by Crippen LogP contribution is -2.14. The van der Waals surface area contributed by atoms with Gasteiger partial charge >= 0.3 is 0 Å². The molecule has 120 valence electrons. The summed E-state index contributed by atoms with van der Waals surface area (Å²) in [6, 6.07) is 5.87. The minimum atomic E-state index is 0.600. The Bertz CT molecular complexity index is 661. The van der Waals surface area contributed by atoms with E-state index in [2.05, 4.69) is 15.0 Å². The van der Waals surface area contributed by atoms with Gasteiger partial charge in [-0.3, -0.25) is 0 Å². The normalized spacial score (nSPS) is 12.2. The average Bonchev–Trinajstić information content (AvgIpc) is 2.84. The lowest BCUT2D eigenvalue weighted by atomic mass is 10.3. The summed E-state index contributed by atoms with van der Waals surface area (Å²) >= 11 is 0. The first-order chi connectivity index (χ1) is 10.5. The highest BCUT2D eigenvalue weighted by Crippen LogP contribution is 2.25. The van der Waals surface area contributed by atoms with Crippen LogP contribution in [0.3, 0.4) is 0 Å². The van der Waals surface area contributed by atoms with Gasteiger partial charge < -0.3 is 19.0 Å². The van der Waals surface area contributed by atoms with E-state index in [0.29, 0.717) is 6.61 Å². The zero-order valence-electron chi connectivity index (χ0n) is 14.0. The van der Waals surface area contributed by atoms with Gasteiger partial charge in [-0.25, -0.2) is 4.98 Å². The molecule has 2 rings (SSSR count). The van der Waals surface area contributed by atoms with Crippen LogP contribution in [0.1, 0.15) is 19.2 Å². The number of benzene rings is 1. The summed E-state index contributed by atoms with van der Waals surface area (Å²) in [6.07, 6.45) is 0.945. The van der Waals surface area contributed by atoms with E-state index in [1.54, 1.807) is 7.11 Å². The van der Waals surface area contributed by atoms with Crippen LogP contribution < -0.4 is 4.74 Å². The average molecular weight is 304 g/mol. The summed E-state index contributed by atoms with van der Waals surface area (Å²) in [6.45, 7) is 3.49. The Balaban J connectivity index is 2.14. The zero-order chi connectivity index (χ0) is 16.1. The molecule has 0 bridgehead atoms. The second-order valence-corrected chi connectivity index (χ2v) is 5.49. The molecule has 1 heterocycles. The Hall–Kier alpha value is -2.08. The van der Waals surface area contributed by atoms with Gasteiger partial charge in [0.05, 0.1) is 12.6 Å². The number of rotatable bonds is 7. The van der Waals surface area contributed by atoms with E-state index < -0.39 is 0 Å². The van der Waals surface area contributed by atoms with E-state index >= 15 is 0 Å². The minimum absolute atomic E-state index is 0.600. The van der Waals surface area contributed by atoms with E-state index in [1.165, 1.54) is 0 Å². The summed E-state index contributed by atoms with van der Waals surface area (Å²) in [7, 11) is 7.70. The van der Waals surface area contributed by atoms with E-state index in [9.17, 15) is 0 Å². The maximum atomic E-state index is 5.38. The number of para-hydroxylation sites is 1. The number of aryl methyl sites for hydroxylation is 1. The van der Waals surface area contributed by atoms with Gasteiger partial charge in [0.2, 0.25) is 0 Å². The lowest BCUT2D eigenvalue weighted by molar-refractivity contribution is 0.135. The van der Waals surface area contributed by atoms with E-state index in [1.807, 2.05) is 50.8 Å². The van der Waals surface area contributed by atoms with Gasteiger partial charge in [0.15, 0.2) is 5.82 Å². The summed E-state index contributed by atoms with van der Waals surface area (Å²) in [4.78, 5) is 12.1. The van der Waals surface area contributed by atoms with Crippen molar-refractivity contribution >= 4 is 16.7 Å². The van der Waals surface area contributed by atoms with Crippen molar-refractivity contribution in [2.75, 3.05) is 34.4 Å². The monoisotopic (exact) mass is 304 g/mol. The summed E-state index contributed by atoms with van der Waals surface area (Å²) in [5.41, 5.74) is 2.60. The standard InChI is InChI=1S/C16H24N4O2/c1-12(18-22-11-7-10-19(2)3)16-17-15-13(20(16)4)8-6-9-14(15)21-5/h6,8-9H,7,10-11H2,1-5H3. The molecule has 0 amide bonds. The van der Waals surface area contributed by atoms with Crippen LogP contribution in [0.25, 0.3) is 11.0 Å². The van der Waals surface area contributed by atoms with Gasteiger partial charge in [0.25, 0.3) is 0 Å². The smallest absolute Gasteiger partial charge is 0.158 e. The number of imidazole rings is 1. The third-order valence-corrected chi connectivity index (χ3v) is 3.46. The maximum absolute atomic E-state index is 5.38. The summed E-state index contributed by atoms with van der Waals surface area (Å²) < 4.78 is 7.36. The van der Waals surface area contributed by atoms with Crippen molar-refractivity contribution in [3.8, 4) is 5.75 Å². The number of oxime groups is 1. The third-order valence-electron chi connectivity index (χ3n) is 3.46. The molecule has 0 atom stereocenters. The molecule has 22 heavy (non-hydrogen) atoms. The molecule has 0 unspecified atom stereocenters. The minimum Gasteiger partial charge on any atom is -0.494 e. The van der Waals surface area contributed by atoms with Crippen molar-refractivity contribution in [2.45, 2.75) is 13.3 Å². The van der Waals surface area contributed by atoms with Crippen LogP contribution in [-0.2, 0) is 11.9 Å². The fourth-order valence-corrected chi connectivity index (χ4v) is 2.31. The highest BCUT2D eigenvalue weighted by molar-refractivity contribution is 5.99. The van der Waals surface area contributed by atoms with Crippen molar-refractivity contribution in [3.63, 3.8) is 0 Å². The highest BCUT2D eigenvalue weighted by atomic mass is 16.6. The molecule has 0 saturated carbocycles. The number of aromatic nitrogens is 2. The molecule has 0 saturated heterocycles. The predicted octanol–water partition coefficient (Wildman–Crippen LogP) is 2.27. The number of methoxy groups -OCH3 is 1. The Morgan fingerprint density at radius 1 is 1.36 bits per heavy atom. The number of ether oxygens (including phenoxy) is 1. The van der Waals surface area contributed by atoms with Gasteiger partial charge in [-0.15, -0.1) is 0 Å². The molecule has 0 aliphatic rings. The second kappa shape index (κ2) is 7.26. The Kier molecular flexibility index (Phi) is 5.38. The van der Waals surface area contributed by atoms with Crippen molar-refractivity contribution in [1.82, 2.24) is 14.5 Å². The molecule has 2 aromatic rings. The number of hydrogen-bond donors (Lipinski definition) is 0. The lowest BCUT2D eigenvalue weighted by Gasteiger charge is -2.08. The zero-order valence-corrected chi connectivity index (χ0v) is 14.0. The van der Waals surface area contributed by atoms with Gasteiger partial charge in [0, 0.05) is 13.6 Å². The quantitative estimate of drug-likeness (QED) is 0.447. The van der Waals surface area contributed by atoms with E-state index in [4.69, 9.17) is 9.57 Å². The third kappa shape index (κ3) is 3.57. The van der Waals surface area contributed by atoms with Crippen molar-refractivity contribution in [2.24, 2.45) is 12.2 Å². The maximum Gasteiger partial charge on any atom is 0.158 e. The molecular weight excluding hydrogens is 280 g/mol. The van der Waals surface area contributed by atoms with Crippen molar-refractivity contribution < 1.29 is 9.57 Å². The Morgan fingerprint density at radius 2 is 2.14 bits per heavy atom. The van der Waals surface area contributed by atoms with Crippen LogP contribution in [-0.4, -0.2) is 54.5 Å². The number of nitrogens with zero attached hydrogens (tertiary/aromatic N) is 4. The van der Waals surface area contributed by atoms with Gasteiger partial charge in [-0.1, -0.05) is 11.2 Å². The first kappa shape index (κ1) is 16.3. The molecule has 0 aliphatic heterocycles. The Morgan fingerprint density at radius 3 is 2.82 bits per heavy atom. The molecule has 1 aromatic carbocycles. The van der Waals surface area contributed by atoms with Gasteiger partial charge in [-0.05, 0) is 39.6 Å². The molecule has 1 aromatic heterocycles. The largest absolute Gasteiger partial charge is 0.494 e.